The van der Waals surface area contributed by atoms with Crippen molar-refractivity contribution >= 4 is 21.8 Å². The minimum absolute atomic E-state index is 0.0281. The molecule has 1 aromatic carbocycles. The van der Waals surface area contributed by atoms with Crippen LogP contribution < -0.4 is 15.4 Å². The highest BCUT2D eigenvalue weighted by atomic mass is 32.2. The fraction of sp³-hybridized carbons (Fsp3) is 0.429. The van der Waals surface area contributed by atoms with Gasteiger partial charge in [0.2, 0.25) is 21.8 Å². The molecule has 0 unspecified atom stereocenters. The van der Waals surface area contributed by atoms with Gasteiger partial charge in [-0.2, -0.15) is 0 Å². The molecule has 0 atom stereocenters. The molecule has 122 valence electrons. The van der Waals surface area contributed by atoms with Crippen LogP contribution in [0.4, 0.5) is 0 Å². The van der Waals surface area contributed by atoms with Gasteiger partial charge in [0, 0.05) is 19.5 Å². The van der Waals surface area contributed by atoms with Gasteiger partial charge in [0.05, 0.1) is 11.4 Å². The van der Waals surface area contributed by atoms with E-state index in [0.717, 1.165) is 6.42 Å². The maximum atomic E-state index is 11.9. The first kappa shape index (κ1) is 18.1. The molecule has 22 heavy (non-hydrogen) atoms. The maximum absolute atomic E-state index is 11.9. The number of rotatable bonds is 9. The summed E-state index contributed by atoms with van der Waals surface area (Å²) in [7, 11) is -3.61. The summed E-state index contributed by atoms with van der Waals surface area (Å²) in [6.45, 7) is 2.35. The van der Waals surface area contributed by atoms with Crippen LogP contribution >= 0.6 is 0 Å². The van der Waals surface area contributed by atoms with Crippen LogP contribution in [0.2, 0.25) is 0 Å². The van der Waals surface area contributed by atoms with Crippen molar-refractivity contribution in [3.63, 3.8) is 0 Å². The molecule has 0 radical (unpaired) electrons. The molecule has 0 aliphatic rings. The van der Waals surface area contributed by atoms with E-state index in [1.54, 1.807) is 18.2 Å². The largest absolute Gasteiger partial charge is 0.355 e. The smallest absolute Gasteiger partial charge is 0.240 e. The summed E-state index contributed by atoms with van der Waals surface area (Å²) in [6, 6.07) is 7.91. The average Bonchev–Trinajstić information content (AvgIpc) is 2.51. The Morgan fingerprint density at radius 2 is 1.68 bits per heavy atom. The van der Waals surface area contributed by atoms with E-state index in [4.69, 9.17) is 0 Å². The first-order valence-electron chi connectivity index (χ1n) is 7.04. The summed E-state index contributed by atoms with van der Waals surface area (Å²) < 4.78 is 26.1. The normalized spacial score (nSPS) is 11.0. The zero-order chi connectivity index (χ0) is 16.4. The molecule has 0 saturated carbocycles. The molecule has 3 N–H and O–H groups in total. The van der Waals surface area contributed by atoms with Gasteiger partial charge >= 0.3 is 0 Å². The zero-order valence-corrected chi connectivity index (χ0v) is 13.3. The Morgan fingerprint density at radius 3 is 2.32 bits per heavy atom. The number of carbonyl (C=O) groups excluding carboxylic acids is 2. The molecule has 7 nitrogen and oxygen atoms in total. The molecule has 8 heteroatoms. The number of amides is 2. The molecule has 0 spiro atoms. The highest BCUT2D eigenvalue weighted by molar-refractivity contribution is 7.89. The van der Waals surface area contributed by atoms with Gasteiger partial charge in [-0.15, -0.1) is 0 Å². The predicted molar refractivity (Wildman–Crippen MR) is 82.6 cm³/mol. The molecule has 0 aliphatic carbocycles. The van der Waals surface area contributed by atoms with E-state index >= 15 is 0 Å². The van der Waals surface area contributed by atoms with E-state index in [0.29, 0.717) is 6.54 Å². The molecular formula is C14H21N3O4S. The SMILES string of the molecule is CCCNC(=O)CNC(=O)CCNS(=O)(=O)c1ccccc1. The molecule has 1 aromatic rings. The van der Waals surface area contributed by atoms with Crippen LogP contribution in [0.3, 0.4) is 0 Å². The number of sulfonamides is 1. The van der Waals surface area contributed by atoms with Gasteiger partial charge in [-0.05, 0) is 18.6 Å². The van der Waals surface area contributed by atoms with E-state index < -0.39 is 10.0 Å². The van der Waals surface area contributed by atoms with Crippen molar-refractivity contribution in [3.05, 3.63) is 30.3 Å². The third-order valence-corrected chi connectivity index (χ3v) is 4.19. The third-order valence-electron chi connectivity index (χ3n) is 2.72. The Morgan fingerprint density at radius 1 is 1.00 bits per heavy atom. The van der Waals surface area contributed by atoms with E-state index in [1.165, 1.54) is 12.1 Å². The van der Waals surface area contributed by atoms with Crippen LogP contribution in [0.25, 0.3) is 0 Å². The van der Waals surface area contributed by atoms with Crippen LogP contribution in [0, 0.1) is 0 Å². The van der Waals surface area contributed by atoms with Gasteiger partial charge in [0.15, 0.2) is 0 Å². The highest BCUT2D eigenvalue weighted by Gasteiger charge is 2.13. The lowest BCUT2D eigenvalue weighted by atomic mass is 10.4. The van der Waals surface area contributed by atoms with Gasteiger partial charge in [0.1, 0.15) is 0 Å². The van der Waals surface area contributed by atoms with Gasteiger partial charge in [-0.1, -0.05) is 25.1 Å². The summed E-state index contributed by atoms with van der Waals surface area (Å²) in [4.78, 5) is 23.0. The summed E-state index contributed by atoms with van der Waals surface area (Å²) in [5.41, 5.74) is 0. The summed E-state index contributed by atoms with van der Waals surface area (Å²) >= 11 is 0. The van der Waals surface area contributed by atoms with Gasteiger partial charge < -0.3 is 10.6 Å². The van der Waals surface area contributed by atoms with E-state index in [9.17, 15) is 18.0 Å². The van der Waals surface area contributed by atoms with Crippen molar-refractivity contribution < 1.29 is 18.0 Å². The second-order valence-electron chi connectivity index (χ2n) is 4.59. The first-order valence-corrected chi connectivity index (χ1v) is 8.52. The van der Waals surface area contributed by atoms with Gasteiger partial charge in [-0.3, -0.25) is 9.59 Å². The molecule has 0 bridgehead atoms. The van der Waals surface area contributed by atoms with Crippen LogP contribution in [-0.4, -0.2) is 39.9 Å². The average molecular weight is 327 g/mol. The standard InChI is InChI=1S/C14H21N3O4S/c1-2-9-15-14(19)11-16-13(18)8-10-17-22(20,21)12-6-4-3-5-7-12/h3-7,17H,2,8-11H2,1H3,(H,15,19)(H,16,18). The number of hydrogen-bond acceptors (Lipinski definition) is 4. The Kier molecular flexibility index (Phi) is 7.55. The van der Waals surface area contributed by atoms with Crippen LogP contribution in [0.1, 0.15) is 19.8 Å². The zero-order valence-electron chi connectivity index (χ0n) is 12.5. The van der Waals surface area contributed by atoms with Crippen molar-refractivity contribution in [2.24, 2.45) is 0 Å². The molecule has 0 heterocycles. The molecule has 0 aromatic heterocycles. The topological polar surface area (TPSA) is 104 Å². The lowest BCUT2D eigenvalue weighted by molar-refractivity contribution is -0.126. The van der Waals surface area contributed by atoms with E-state index in [-0.39, 0.29) is 36.2 Å². The van der Waals surface area contributed by atoms with E-state index in [2.05, 4.69) is 15.4 Å². The van der Waals surface area contributed by atoms with Crippen molar-refractivity contribution in [3.8, 4) is 0 Å². The van der Waals surface area contributed by atoms with Gasteiger partial charge in [0.25, 0.3) is 0 Å². The predicted octanol–water partition coefficient (Wildman–Crippen LogP) is -0.00260. The fourth-order valence-corrected chi connectivity index (χ4v) is 2.63. The van der Waals surface area contributed by atoms with Crippen molar-refractivity contribution in [1.29, 1.82) is 0 Å². The second kappa shape index (κ2) is 9.16. The molecule has 0 fully saturated rings. The molecule has 2 amide bonds. The number of carbonyl (C=O) groups is 2. The van der Waals surface area contributed by atoms with Crippen LogP contribution in [0.15, 0.2) is 35.2 Å². The Labute approximate surface area is 130 Å². The summed E-state index contributed by atoms with van der Waals surface area (Å²) in [6.07, 6.45) is 0.786. The first-order chi connectivity index (χ1) is 10.5. The molecule has 0 saturated heterocycles. The Hall–Kier alpha value is -1.93. The number of hydrogen-bond donors (Lipinski definition) is 3. The highest BCUT2D eigenvalue weighted by Crippen LogP contribution is 2.06. The lowest BCUT2D eigenvalue weighted by Crippen LogP contribution is -2.38. The summed E-state index contributed by atoms with van der Waals surface area (Å²) in [5.74, 6) is -0.650. The van der Waals surface area contributed by atoms with Crippen molar-refractivity contribution in [2.75, 3.05) is 19.6 Å². The molecule has 0 aliphatic heterocycles. The second-order valence-corrected chi connectivity index (χ2v) is 6.35. The minimum Gasteiger partial charge on any atom is -0.355 e. The molecule has 1 rings (SSSR count). The summed E-state index contributed by atoms with van der Waals surface area (Å²) in [5, 5.41) is 5.06. The monoisotopic (exact) mass is 327 g/mol. The van der Waals surface area contributed by atoms with Gasteiger partial charge in [-0.25, -0.2) is 13.1 Å². The maximum Gasteiger partial charge on any atom is 0.240 e. The quantitative estimate of drug-likeness (QED) is 0.593. The Balaban J connectivity index is 2.29. The number of nitrogens with one attached hydrogen (secondary N) is 3. The molecular weight excluding hydrogens is 306 g/mol. The minimum atomic E-state index is -3.61. The van der Waals surface area contributed by atoms with Crippen molar-refractivity contribution in [2.45, 2.75) is 24.7 Å². The third kappa shape index (κ3) is 6.68. The van der Waals surface area contributed by atoms with Crippen molar-refractivity contribution in [1.82, 2.24) is 15.4 Å². The fourth-order valence-electron chi connectivity index (χ4n) is 1.58. The lowest BCUT2D eigenvalue weighted by Gasteiger charge is -2.08. The number of benzene rings is 1. The van der Waals surface area contributed by atoms with Crippen LogP contribution in [-0.2, 0) is 19.6 Å². The Bertz CT molecular complexity index is 587. The van der Waals surface area contributed by atoms with E-state index in [1.807, 2.05) is 6.92 Å². The van der Waals surface area contributed by atoms with Crippen LogP contribution in [0.5, 0.6) is 0 Å².